The summed E-state index contributed by atoms with van der Waals surface area (Å²) in [6.45, 7) is 7.79. The van der Waals surface area contributed by atoms with Gasteiger partial charge in [0.25, 0.3) is 0 Å². The number of urea groups is 1. The van der Waals surface area contributed by atoms with Crippen LogP contribution in [0, 0.1) is 29.1 Å². The fourth-order valence-electron chi connectivity index (χ4n) is 7.53. The Labute approximate surface area is 189 Å². The zero-order valence-electron chi connectivity index (χ0n) is 19.6. The zero-order chi connectivity index (χ0) is 23.3. The minimum absolute atomic E-state index is 0.00311. The monoisotopic (exact) mass is 444 g/mol. The summed E-state index contributed by atoms with van der Waals surface area (Å²) in [5.74, 6) is 1.37. The third-order valence-electron chi connectivity index (χ3n) is 8.95. The number of hydrogen-bond acceptors (Lipinski definition) is 5. The fraction of sp³-hybridized carbons (Fsp3) is 0.750. The first kappa shape index (κ1) is 22.8. The zero-order valence-corrected chi connectivity index (χ0v) is 19.6. The van der Waals surface area contributed by atoms with Crippen LogP contribution in [0.4, 0.5) is 4.79 Å². The van der Waals surface area contributed by atoms with Crippen molar-refractivity contribution in [1.82, 2.24) is 10.7 Å². The number of ether oxygens (including phenoxy) is 1. The summed E-state index contributed by atoms with van der Waals surface area (Å²) < 4.78 is 5.55. The Morgan fingerprint density at radius 1 is 1.22 bits per heavy atom. The van der Waals surface area contributed by atoms with Gasteiger partial charge in [-0.05, 0) is 87.0 Å². The van der Waals surface area contributed by atoms with Gasteiger partial charge in [0.2, 0.25) is 5.91 Å². The Bertz CT molecular complexity index is 883. The quantitative estimate of drug-likeness (QED) is 0.352. The standard InChI is InChI=1S/C24H36N4O4/c1-13(27-28-22(25)31)18-7-8-19-17-6-5-15-11-16(32-14(2)29)9-10-23(15,3)20(17)12-21(30)26-24(18,19)4/h7,15-17,19-20H,5-6,8-12H2,1-4H3,(H,26,30)(H3,25,28,31)/b27-13+/t15-,16-,17-,19-,20-,23-,24+/m0/s1. The van der Waals surface area contributed by atoms with Crippen LogP contribution in [-0.2, 0) is 14.3 Å². The molecular formula is C24H36N4O4. The van der Waals surface area contributed by atoms with E-state index in [1.165, 1.54) is 6.92 Å². The molecular weight excluding hydrogens is 408 g/mol. The Morgan fingerprint density at radius 2 is 1.97 bits per heavy atom. The maximum absolute atomic E-state index is 13.2. The Balaban J connectivity index is 1.60. The highest BCUT2D eigenvalue weighted by Gasteiger charge is 2.59. The molecule has 4 rings (SSSR count). The van der Waals surface area contributed by atoms with Crippen molar-refractivity contribution in [3.8, 4) is 0 Å². The van der Waals surface area contributed by atoms with Gasteiger partial charge in [0, 0.05) is 13.3 Å². The van der Waals surface area contributed by atoms with Gasteiger partial charge in [0.1, 0.15) is 6.10 Å². The van der Waals surface area contributed by atoms with E-state index < -0.39 is 11.6 Å². The number of nitrogens with one attached hydrogen (secondary N) is 2. The first-order chi connectivity index (χ1) is 15.0. The number of carbonyl (C=O) groups excluding carboxylic acids is 3. The average Bonchev–Trinajstić information content (AvgIpc) is 2.97. The van der Waals surface area contributed by atoms with Crippen LogP contribution in [0.3, 0.4) is 0 Å². The number of hydrazone groups is 1. The molecule has 0 bridgehead atoms. The minimum Gasteiger partial charge on any atom is -0.463 e. The van der Waals surface area contributed by atoms with Gasteiger partial charge in [-0.3, -0.25) is 9.59 Å². The van der Waals surface area contributed by atoms with Crippen LogP contribution in [0.15, 0.2) is 16.8 Å². The summed E-state index contributed by atoms with van der Waals surface area (Å²) in [6, 6.07) is -0.704. The number of esters is 1. The maximum atomic E-state index is 13.2. The number of amides is 3. The predicted octanol–water partition coefficient (Wildman–Crippen LogP) is 3.02. The van der Waals surface area contributed by atoms with Crippen LogP contribution in [0.1, 0.15) is 72.6 Å². The van der Waals surface area contributed by atoms with Crippen molar-refractivity contribution in [1.29, 1.82) is 0 Å². The number of hydrogen-bond donors (Lipinski definition) is 3. The topological polar surface area (TPSA) is 123 Å². The summed E-state index contributed by atoms with van der Waals surface area (Å²) in [4.78, 5) is 35.8. The van der Waals surface area contributed by atoms with Gasteiger partial charge in [-0.15, -0.1) is 0 Å². The van der Waals surface area contributed by atoms with Crippen molar-refractivity contribution in [3.63, 3.8) is 0 Å². The predicted molar refractivity (Wildman–Crippen MR) is 120 cm³/mol. The highest BCUT2D eigenvalue weighted by molar-refractivity contribution is 6.02. The molecule has 7 atom stereocenters. The van der Waals surface area contributed by atoms with Gasteiger partial charge < -0.3 is 15.8 Å². The number of primary amides is 1. The van der Waals surface area contributed by atoms with Gasteiger partial charge in [-0.2, -0.15) is 5.10 Å². The number of fused-ring (bicyclic) bond motifs is 5. The van der Waals surface area contributed by atoms with Crippen LogP contribution in [0.5, 0.6) is 0 Å². The lowest BCUT2D eigenvalue weighted by atomic mass is 9.49. The van der Waals surface area contributed by atoms with E-state index in [1.807, 2.05) is 6.92 Å². The first-order valence-electron chi connectivity index (χ1n) is 11.8. The molecule has 8 heteroatoms. The molecule has 4 N–H and O–H groups in total. The number of allylic oxidation sites excluding steroid dienone is 1. The third-order valence-corrected chi connectivity index (χ3v) is 8.95. The lowest BCUT2D eigenvalue weighted by molar-refractivity contribution is -0.155. The van der Waals surface area contributed by atoms with Crippen molar-refractivity contribution in [2.75, 3.05) is 0 Å². The second-order valence-corrected chi connectivity index (χ2v) is 10.6. The molecule has 8 nitrogen and oxygen atoms in total. The normalized spacial score (nSPS) is 41.2. The second-order valence-electron chi connectivity index (χ2n) is 10.6. The maximum Gasteiger partial charge on any atom is 0.332 e. The molecule has 0 aromatic carbocycles. The van der Waals surface area contributed by atoms with Crippen LogP contribution in [-0.4, -0.2) is 35.3 Å². The van der Waals surface area contributed by atoms with Crippen molar-refractivity contribution in [3.05, 3.63) is 11.6 Å². The van der Waals surface area contributed by atoms with E-state index in [1.54, 1.807) is 0 Å². The second kappa shape index (κ2) is 8.19. The highest BCUT2D eigenvalue weighted by atomic mass is 16.5. The Kier molecular flexibility index (Phi) is 5.84. The smallest absolute Gasteiger partial charge is 0.332 e. The highest BCUT2D eigenvalue weighted by Crippen LogP contribution is 2.61. The van der Waals surface area contributed by atoms with E-state index in [2.05, 4.69) is 35.8 Å². The van der Waals surface area contributed by atoms with Crippen LogP contribution in [0.2, 0.25) is 0 Å². The number of nitrogens with two attached hydrogens (primary N) is 1. The first-order valence-corrected chi connectivity index (χ1v) is 11.8. The molecule has 4 aliphatic rings. The molecule has 3 amide bonds. The third kappa shape index (κ3) is 3.82. The minimum atomic E-state index is -0.704. The van der Waals surface area contributed by atoms with Crippen molar-refractivity contribution < 1.29 is 19.1 Å². The van der Waals surface area contributed by atoms with E-state index >= 15 is 0 Å². The van der Waals surface area contributed by atoms with Gasteiger partial charge in [0.15, 0.2) is 0 Å². The molecule has 176 valence electrons. The largest absolute Gasteiger partial charge is 0.463 e. The molecule has 0 radical (unpaired) electrons. The molecule has 0 unspecified atom stereocenters. The lowest BCUT2D eigenvalue weighted by Crippen LogP contribution is -2.54. The van der Waals surface area contributed by atoms with E-state index in [0.717, 1.165) is 44.1 Å². The molecule has 0 aromatic heterocycles. The summed E-state index contributed by atoms with van der Waals surface area (Å²) in [7, 11) is 0. The van der Waals surface area contributed by atoms with E-state index in [9.17, 15) is 14.4 Å². The molecule has 3 aliphatic carbocycles. The van der Waals surface area contributed by atoms with E-state index in [-0.39, 0.29) is 29.3 Å². The van der Waals surface area contributed by atoms with Crippen molar-refractivity contribution in [2.24, 2.45) is 39.9 Å². The van der Waals surface area contributed by atoms with Crippen LogP contribution < -0.4 is 16.5 Å². The Hall–Kier alpha value is -2.38. The molecule has 32 heavy (non-hydrogen) atoms. The summed E-state index contributed by atoms with van der Waals surface area (Å²) >= 11 is 0. The summed E-state index contributed by atoms with van der Waals surface area (Å²) in [5, 5.41) is 7.48. The number of rotatable bonds is 3. The Morgan fingerprint density at radius 3 is 2.66 bits per heavy atom. The van der Waals surface area contributed by atoms with Crippen molar-refractivity contribution in [2.45, 2.75) is 84.3 Å². The molecule has 0 spiro atoms. The molecule has 3 fully saturated rings. The van der Waals surface area contributed by atoms with E-state index in [0.29, 0.717) is 29.9 Å². The molecule has 1 heterocycles. The summed E-state index contributed by atoms with van der Waals surface area (Å²) in [6.07, 6.45) is 8.51. The SMILES string of the molecule is CC(=O)O[C@H]1CC[C@@]2(C)[C@@H](CC[C@@H]3[C@@H]2CC(=O)N[C@]2(C)C(/C(C)=N/NC(N)=O)=CC[C@@H]32)C1. The summed E-state index contributed by atoms with van der Waals surface area (Å²) in [5.41, 5.74) is 8.70. The molecule has 0 aromatic rings. The molecule has 2 saturated carbocycles. The van der Waals surface area contributed by atoms with Gasteiger partial charge in [-0.25, -0.2) is 10.2 Å². The van der Waals surface area contributed by atoms with Gasteiger partial charge in [0.05, 0.1) is 11.3 Å². The fourth-order valence-corrected chi connectivity index (χ4v) is 7.53. The lowest BCUT2D eigenvalue weighted by Gasteiger charge is -2.56. The van der Waals surface area contributed by atoms with Gasteiger partial charge >= 0.3 is 12.0 Å². The molecule has 1 aliphatic heterocycles. The molecule has 1 saturated heterocycles. The van der Waals surface area contributed by atoms with Crippen molar-refractivity contribution >= 4 is 23.6 Å². The van der Waals surface area contributed by atoms with Gasteiger partial charge in [-0.1, -0.05) is 13.0 Å². The average molecular weight is 445 g/mol. The van der Waals surface area contributed by atoms with Crippen LogP contribution >= 0.6 is 0 Å². The van der Waals surface area contributed by atoms with E-state index in [4.69, 9.17) is 10.5 Å². The van der Waals surface area contributed by atoms with Crippen LogP contribution in [0.25, 0.3) is 0 Å². The number of carbonyl (C=O) groups is 3. The number of nitrogens with zero attached hydrogens (tertiary/aromatic N) is 1.